The lowest BCUT2D eigenvalue weighted by molar-refractivity contribution is -0.195. The minimum Gasteiger partial charge on any atom is -0.334 e. The zero-order valence-electron chi connectivity index (χ0n) is 17.4. The molecule has 0 saturated heterocycles. The molecule has 0 radical (unpaired) electrons. The molecule has 0 spiro atoms. The average molecular weight is 471 g/mol. The second kappa shape index (κ2) is 9.86. The minimum absolute atomic E-state index is 0.0824. The van der Waals surface area contributed by atoms with Crippen molar-refractivity contribution in [1.29, 1.82) is 0 Å². The molecule has 2 amide bonds. The Balaban J connectivity index is 1.56. The van der Waals surface area contributed by atoms with Gasteiger partial charge in [-0.15, -0.1) is 0 Å². The molecule has 3 atom stereocenters. The van der Waals surface area contributed by atoms with E-state index in [4.69, 9.17) is 0 Å². The number of anilines is 1. The molecule has 1 aromatic heterocycles. The Morgan fingerprint density at radius 1 is 1.16 bits per heavy atom. The van der Waals surface area contributed by atoms with Crippen LogP contribution in [0.3, 0.4) is 0 Å². The Morgan fingerprint density at radius 2 is 1.88 bits per heavy atom. The molecule has 1 heterocycles. The van der Waals surface area contributed by atoms with Crippen LogP contribution in [0, 0.1) is 11.8 Å². The molecule has 174 valence electrons. The number of carbonyl (C=O) groups excluding carboxylic acids is 1. The van der Waals surface area contributed by atoms with Crippen molar-refractivity contribution in [3.8, 4) is 0 Å². The van der Waals surface area contributed by atoms with Gasteiger partial charge in [0.1, 0.15) is 0 Å². The number of hydrogen-bond acceptors (Lipinski definition) is 4. The fraction of sp³-hybridized carbons (Fsp3) is 0.429. The number of urea groups is 1. The first-order valence-corrected chi connectivity index (χ1v) is 11.7. The van der Waals surface area contributed by atoms with Crippen LogP contribution in [0.25, 0.3) is 0 Å². The van der Waals surface area contributed by atoms with E-state index in [1.165, 1.54) is 24.3 Å². The molecular formula is C21H25F3N4O3S. The van der Waals surface area contributed by atoms with Crippen LogP contribution in [0.2, 0.25) is 0 Å². The maximum atomic E-state index is 13.2. The van der Waals surface area contributed by atoms with E-state index >= 15 is 0 Å². The highest BCUT2D eigenvalue weighted by Crippen LogP contribution is 2.41. The predicted molar refractivity (Wildman–Crippen MR) is 113 cm³/mol. The van der Waals surface area contributed by atoms with Crippen LogP contribution in [-0.2, 0) is 16.6 Å². The first kappa shape index (κ1) is 24.0. The lowest BCUT2D eigenvalue weighted by atomic mass is 9.78. The Morgan fingerprint density at radius 3 is 2.50 bits per heavy atom. The van der Waals surface area contributed by atoms with Crippen LogP contribution < -0.4 is 15.4 Å². The number of carbonyl (C=O) groups is 1. The third-order valence-electron chi connectivity index (χ3n) is 5.54. The van der Waals surface area contributed by atoms with Crippen molar-refractivity contribution < 1.29 is 26.4 Å². The highest BCUT2D eigenvalue weighted by Gasteiger charge is 2.46. The molecule has 3 N–H and O–H groups in total. The molecule has 1 aliphatic rings. The van der Waals surface area contributed by atoms with Crippen LogP contribution in [0.5, 0.6) is 0 Å². The zero-order chi connectivity index (χ0) is 23.4. The number of rotatable bonds is 6. The Bertz CT molecular complexity index is 1010. The fourth-order valence-corrected chi connectivity index (χ4v) is 5.03. The second-order valence-corrected chi connectivity index (χ2v) is 9.66. The van der Waals surface area contributed by atoms with E-state index in [-0.39, 0.29) is 17.9 Å². The molecule has 3 rings (SSSR count). The van der Waals surface area contributed by atoms with Gasteiger partial charge >= 0.3 is 12.2 Å². The van der Waals surface area contributed by atoms with Gasteiger partial charge in [-0.2, -0.15) is 13.2 Å². The first-order valence-electron chi connectivity index (χ1n) is 10.2. The number of sulfonamides is 1. The van der Waals surface area contributed by atoms with Crippen LogP contribution in [-0.4, -0.2) is 31.7 Å². The summed E-state index contributed by atoms with van der Waals surface area (Å²) >= 11 is 0. The summed E-state index contributed by atoms with van der Waals surface area (Å²) in [5.74, 6) is -2.06. The second-order valence-electron chi connectivity index (χ2n) is 7.95. The van der Waals surface area contributed by atoms with Gasteiger partial charge in [0.2, 0.25) is 10.0 Å². The van der Waals surface area contributed by atoms with Crippen molar-refractivity contribution in [1.82, 2.24) is 15.0 Å². The molecule has 0 aliphatic heterocycles. The summed E-state index contributed by atoms with van der Waals surface area (Å²) in [6.45, 7) is 1.82. The summed E-state index contributed by atoms with van der Waals surface area (Å²) in [6.07, 6.45) is -0.735. The summed E-state index contributed by atoms with van der Waals surface area (Å²) < 4.78 is 67.3. The molecule has 1 fully saturated rings. The van der Waals surface area contributed by atoms with Crippen molar-refractivity contribution in [2.24, 2.45) is 11.8 Å². The van der Waals surface area contributed by atoms with E-state index in [0.29, 0.717) is 18.5 Å². The van der Waals surface area contributed by atoms with Crippen molar-refractivity contribution in [2.45, 2.75) is 49.8 Å². The van der Waals surface area contributed by atoms with Gasteiger partial charge in [0.05, 0.1) is 10.8 Å². The van der Waals surface area contributed by atoms with Gasteiger partial charge in [-0.1, -0.05) is 13.0 Å². The number of alkyl halides is 3. The van der Waals surface area contributed by atoms with Gasteiger partial charge in [-0.05, 0) is 61.1 Å². The number of benzene rings is 1. The van der Waals surface area contributed by atoms with E-state index < -0.39 is 40.1 Å². The monoisotopic (exact) mass is 470 g/mol. The largest absolute Gasteiger partial charge is 0.392 e. The fourth-order valence-electron chi connectivity index (χ4n) is 3.75. The van der Waals surface area contributed by atoms with Crippen LogP contribution in [0.4, 0.5) is 23.7 Å². The molecular weight excluding hydrogens is 445 g/mol. The van der Waals surface area contributed by atoms with Gasteiger partial charge in [-0.25, -0.2) is 17.9 Å². The highest BCUT2D eigenvalue weighted by molar-refractivity contribution is 7.89. The highest BCUT2D eigenvalue weighted by atomic mass is 32.2. The lowest BCUT2D eigenvalue weighted by Crippen LogP contribution is -2.44. The number of amides is 2. The zero-order valence-corrected chi connectivity index (χ0v) is 18.2. The number of hydrogen-bond donors (Lipinski definition) is 3. The summed E-state index contributed by atoms with van der Waals surface area (Å²) in [7, 11) is -3.99. The Hall–Kier alpha value is -2.66. The number of nitrogens with one attached hydrogen (secondary N) is 3. The topological polar surface area (TPSA) is 100 Å². The Labute approximate surface area is 184 Å². The predicted octanol–water partition coefficient (Wildman–Crippen LogP) is 4.05. The number of aromatic nitrogens is 1. The summed E-state index contributed by atoms with van der Waals surface area (Å²) in [5, 5.41) is 5.24. The molecule has 1 aromatic carbocycles. The number of nitrogens with zero attached hydrogens (tertiary/aromatic N) is 1. The third-order valence-corrected chi connectivity index (χ3v) is 7.07. The summed E-state index contributed by atoms with van der Waals surface area (Å²) in [4.78, 5) is 15.9. The maximum Gasteiger partial charge on any atom is 0.392 e. The first-order chi connectivity index (χ1) is 15.0. The van der Waals surface area contributed by atoms with Crippen LogP contribution in [0.1, 0.15) is 31.7 Å². The minimum atomic E-state index is -4.35. The molecule has 1 aliphatic carbocycles. The third kappa shape index (κ3) is 6.42. The summed E-state index contributed by atoms with van der Waals surface area (Å²) in [5.41, 5.74) is 1.19. The molecule has 11 heteroatoms. The van der Waals surface area contributed by atoms with Crippen molar-refractivity contribution in [2.75, 3.05) is 5.32 Å². The van der Waals surface area contributed by atoms with E-state index in [0.717, 1.165) is 5.56 Å². The van der Waals surface area contributed by atoms with Gasteiger partial charge in [0, 0.05) is 30.7 Å². The average Bonchev–Trinajstić information content (AvgIpc) is 2.74. The number of pyridine rings is 1. The molecule has 1 saturated carbocycles. The normalized spacial score (nSPS) is 21.7. The Kier molecular flexibility index (Phi) is 7.40. The van der Waals surface area contributed by atoms with Crippen molar-refractivity contribution >= 4 is 21.7 Å². The van der Waals surface area contributed by atoms with Crippen LogP contribution >= 0.6 is 0 Å². The maximum absolute atomic E-state index is 13.2. The van der Waals surface area contributed by atoms with Gasteiger partial charge in [0.25, 0.3) is 0 Å². The van der Waals surface area contributed by atoms with Gasteiger partial charge < -0.3 is 10.6 Å². The standard InChI is InChI=1S/C21H25F3N4O3S/c1-14-4-5-17(11-19(14)21(22,23)24)28-32(30,31)18-8-6-16(7-9-18)27-20(29)26-13-15-3-2-10-25-12-15/h2-3,6-10,12,14,17,19,28H,4-5,11,13H2,1H3,(H2,26,27,29). The SMILES string of the molecule is CC1CCC(NS(=O)(=O)c2ccc(NC(=O)NCc3cccnc3)cc2)CC1C(F)(F)F. The van der Waals surface area contributed by atoms with E-state index in [1.807, 2.05) is 6.07 Å². The van der Waals surface area contributed by atoms with Crippen molar-refractivity contribution in [3.63, 3.8) is 0 Å². The van der Waals surface area contributed by atoms with Crippen LogP contribution in [0.15, 0.2) is 53.7 Å². The number of halogens is 3. The molecule has 7 nitrogen and oxygen atoms in total. The molecule has 2 aromatic rings. The molecule has 0 bridgehead atoms. The van der Waals surface area contributed by atoms with Crippen molar-refractivity contribution in [3.05, 3.63) is 54.4 Å². The summed E-state index contributed by atoms with van der Waals surface area (Å²) in [6, 6.07) is 7.73. The van der Waals surface area contributed by atoms with E-state index in [9.17, 15) is 26.4 Å². The molecule has 32 heavy (non-hydrogen) atoms. The van der Waals surface area contributed by atoms with Gasteiger partial charge in [0.15, 0.2) is 0 Å². The lowest BCUT2D eigenvalue weighted by Gasteiger charge is -2.35. The molecule has 3 unspecified atom stereocenters. The smallest absolute Gasteiger partial charge is 0.334 e. The van der Waals surface area contributed by atoms with E-state index in [1.54, 1.807) is 25.4 Å². The van der Waals surface area contributed by atoms with Gasteiger partial charge in [-0.3, -0.25) is 4.98 Å². The quantitative estimate of drug-likeness (QED) is 0.593. The van der Waals surface area contributed by atoms with E-state index in [2.05, 4.69) is 20.3 Å².